The third-order valence-electron chi connectivity index (χ3n) is 9.25. The highest BCUT2D eigenvalue weighted by atomic mass is 35.5. The summed E-state index contributed by atoms with van der Waals surface area (Å²) in [5.41, 5.74) is 4.77. The molecule has 0 aliphatic carbocycles. The van der Waals surface area contributed by atoms with E-state index >= 15 is 4.39 Å². The molecule has 0 saturated carbocycles. The standard InChI is InChI=1S/C34H34ClFN8O3S/c1-19-20(2)48-33-30(19)31(22-4-7-24(35)8-5-22)37-27(32-40-39-21(3)44(32)33)17-29(46)42-14-12-41(13-15-42)18-23-6-9-25(16-26(23)36)43-11-10-28(45)38-34(43)47/h4-9,16,27H,10-15,17-18H2,1-3H3,(H,38,45,47)/t27-/m0/s1. The van der Waals surface area contributed by atoms with Gasteiger partial charge in [-0.1, -0.05) is 29.8 Å². The van der Waals surface area contributed by atoms with Crippen LogP contribution in [-0.4, -0.2) is 80.8 Å². The minimum absolute atomic E-state index is 0.0296. The van der Waals surface area contributed by atoms with Crippen molar-refractivity contribution >= 4 is 52.2 Å². The van der Waals surface area contributed by atoms with Gasteiger partial charge in [0.15, 0.2) is 5.82 Å². The Kier molecular flexibility index (Phi) is 8.60. The molecule has 14 heteroatoms. The lowest BCUT2D eigenvalue weighted by Crippen LogP contribution is -2.49. The highest BCUT2D eigenvalue weighted by molar-refractivity contribution is 7.15. The van der Waals surface area contributed by atoms with E-state index in [4.69, 9.17) is 16.6 Å². The van der Waals surface area contributed by atoms with Crippen LogP contribution in [0, 0.1) is 26.6 Å². The fourth-order valence-electron chi connectivity index (χ4n) is 6.47. The van der Waals surface area contributed by atoms with Crippen molar-refractivity contribution in [2.45, 2.75) is 46.2 Å². The predicted molar refractivity (Wildman–Crippen MR) is 182 cm³/mol. The van der Waals surface area contributed by atoms with Crippen molar-refractivity contribution in [2.75, 3.05) is 37.6 Å². The van der Waals surface area contributed by atoms with Gasteiger partial charge >= 0.3 is 6.03 Å². The Hall–Kier alpha value is -4.46. The van der Waals surface area contributed by atoms with Crippen LogP contribution in [0.2, 0.25) is 5.02 Å². The lowest BCUT2D eigenvalue weighted by molar-refractivity contribution is -0.133. The largest absolute Gasteiger partial charge is 0.340 e. The number of benzene rings is 2. The van der Waals surface area contributed by atoms with Gasteiger partial charge in [0.25, 0.3) is 0 Å². The number of aromatic nitrogens is 3. The first-order valence-corrected chi connectivity index (χ1v) is 17.0. The average molecular weight is 689 g/mol. The van der Waals surface area contributed by atoms with Crippen LogP contribution in [0.15, 0.2) is 47.5 Å². The van der Waals surface area contributed by atoms with E-state index in [2.05, 4.69) is 34.3 Å². The van der Waals surface area contributed by atoms with Gasteiger partial charge in [-0.3, -0.25) is 34.3 Å². The van der Waals surface area contributed by atoms with Crippen LogP contribution in [-0.2, 0) is 16.1 Å². The number of carbonyl (C=O) groups is 3. The molecule has 11 nitrogen and oxygen atoms in total. The molecule has 4 aromatic rings. The first-order chi connectivity index (χ1) is 23.1. The van der Waals surface area contributed by atoms with Crippen LogP contribution in [0.25, 0.3) is 5.00 Å². The van der Waals surface area contributed by atoms with Crippen molar-refractivity contribution in [3.63, 3.8) is 0 Å². The van der Waals surface area contributed by atoms with Gasteiger partial charge in [0.1, 0.15) is 22.7 Å². The molecule has 0 spiro atoms. The molecule has 1 atom stereocenters. The number of thiophene rings is 1. The van der Waals surface area contributed by atoms with Gasteiger partial charge in [-0.25, -0.2) is 9.18 Å². The zero-order valence-corrected chi connectivity index (χ0v) is 28.4. The van der Waals surface area contributed by atoms with Crippen molar-refractivity contribution in [3.05, 3.63) is 92.1 Å². The van der Waals surface area contributed by atoms with Gasteiger partial charge in [-0.2, -0.15) is 0 Å². The first-order valence-electron chi connectivity index (χ1n) is 15.8. The molecular formula is C34H34ClFN8O3S. The van der Waals surface area contributed by atoms with Gasteiger partial charge in [-0.15, -0.1) is 21.5 Å². The molecule has 0 radical (unpaired) electrons. The maximum absolute atomic E-state index is 15.1. The van der Waals surface area contributed by atoms with Crippen molar-refractivity contribution in [1.82, 2.24) is 29.9 Å². The molecule has 7 rings (SSSR count). The third kappa shape index (κ3) is 6.01. The Morgan fingerprint density at radius 1 is 1.02 bits per heavy atom. The van der Waals surface area contributed by atoms with Gasteiger partial charge in [0.2, 0.25) is 11.8 Å². The number of aliphatic imine (C=N–C) groups is 1. The smallest absolute Gasteiger partial charge is 0.328 e. The Balaban J connectivity index is 1.06. The zero-order valence-electron chi connectivity index (χ0n) is 26.8. The predicted octanol–water partition coefficient (Wildman–Crippen LogP) is 5.12. The van der Waals surface area contributed by atoms with Crippen molar-refractivity contribution in [3.8, 4) is 5.00 Å². The maximum Gasteiger partial charge on any atom is 0.328 e. The summed E-state index contributed by atoms with van der Waals surface area (Å²) in [7, 11) is 0. The maximum atomic E-state index is 15.1. The SMILES string of the molecule is Cc1sc2c(c1C)C(c1ccc(Cl)cc1)=N[C@@H](CC(=O)N1CCN(Cc3ccc(N4CCC(=O)NC4=O)cc3F)CC1)c1nnc(C)n1-2. The van der Waals surface area contributed by atoms with Gasteiger partial charge < -0.3 is 4.90 Å². The Labute approximate surface area is 286 Å². The number of hydrogen-bond acceptors (Lipinski definition) is 8. The monoisotopic (exact) mass is 688 g/mol. The van der Waals surface area contributed by atoms with E-state index in [-0.39, 0.29) is 31.2 Å². The third-order valence-corrected chi connectivity index (χ3v) is 10.7. The molecule has 1 N–H and O–H groups in total. The van der Waals surface area contributed by atoms with Crippen LogP contribution in [0.4, 0.5) is 14.9 Å². The van der Waals surface area contributed by atoms with Gasteiger partial charge in [-0.05, 0) is 50.6 Å². The Morgan fingerprint density at radius 3 is 2.48 bits per heavy atom. The molecule has 2 aromatic carbocycles. The molecule has 248 valence electrons. The first kappa shape index (κ1) is 32.1. The number of urea groups is 1. The van der Waals surface area contributed by atoms with E-state index in [9.17, 15) is 14.4 Å². The molecule has 2 fully saturated rings. The number of piperazine rings is 1. The van der Waals surface area contributed by atoms with E-state index in [0.717, 1.165) is 33.2 Å². The number of nitrogens with one attached hydrogen (secondary N) is 1. The zero-order chi connectivity index (χ0) is 33.7. The van der Waals surface area contributed by atoms with Crippen LogP contribution < -0.4 is 10.2 Å². The molecule has 48 heavy (non-hydrogen) atoms. The summed E-state index contributed by atoms with van der Waals surface area (Å²) < 4.78 is 17.2. The highest BCUT2D eigenvalue weighted by Crippen LogP contribution is 2.40. The van der Waals surface area contributed by atoms with Crippen molar-refractivity contribution in [2.24, 2.45) is 4.99 Å². The van der Waals surface area contributed by atoms with Crippen LogP contribution in [0.1, 0.15) is 57.7 Å². The lowest BCUT2D eigenvalue weighted by atomic mass is 9.99. The quantitative estimate of drug-likeness (QED) is 0.301. The number of anilines is 1. The van der Waals surface area contributed by atoms with E-state index < -0.39 is 17.9 Å². The number of aryl methyl sites for hydroxylation is 2. The van der Waals surface area contributed by atoms with Crippen molar-refractivity contribution < 1.29 is 18.8 Å². The molecule has 0 bridgehead atoms. The van der Waals surface area contributed by atoms with E-state index in [1.807, 2.05) is 40.7 Å². The summed E-state index contributed by atoms with van der Waals surface area (Å²) in [5, 5.41) is 12.8. The average Bonchev–Trinajstić information content (AvgIpc) is 3.54. The van der Waals surface area contributed by atoms with Crippen LogP contribution >= 0.6 is 22.9 Å². The number of halogens is 2. The molecule has 5 heterocycles. The van der Waals surface area contributed by atoms with Crippen molar-refractivity contribution in [1.29, 1.82) is 0 Å². The van der Waals surface area contributed by atoms with Crippen LogP contribution in [0.5, 0.6) is 0 Å². The summed E-state index contributed by atoms with van der Waals surface area (Å²) >= 11 is 7.90. The summed E-state index contributed by atoms with van der Waals surface area (Å²) in [6, 6.07) is 11.2. The fraction of sp³-hybridized carbons (Fsp3) is 0.353. The van der Waals surface area contributed by atoms with Gasteiger partial charge in [0, 0.05) is 78.0 Å². The number of rotatable bonds is 6. The molecule has 2 aromatic heterocycles. The molecule has 2 saturated heterocycles. The minimum atomic E-state index is -0.549. The highest BCUT2D eigenvalue weighted by Gasteiger charge is 2.34. The molecular weight excluding hydrogens is 655 g/mol. The fourth-order valence-corrected chi connectivity index (χ4v) is 7.81. The summed E-state index contributed by atoms with van der Waals surface area (Å²) in [6.45, 7) is 8.85. The Bertz CT molecular complexity index is 1960. The van der Waals surface area contributed by atoms with E-state index in [1.165, 1.54) is 15.8 Å². The summed E-state index contributed by atoms with van der Waals surface area (Å²) in [6.07, 6.45) is 0.303. The molecule has 4 amide bonds. The number of fused-ring (bicyclic) bond motifs is 3. The van der Waals surface area contributed by atoms with Gasteiger partial charge in [0.05, 0.1) is 12.1 Å². The molecule has 3 aliphatic rings. The second-order valence-electron chi connectivity index (χ2n) is 12.3. The molecule has 3 aliphatic heterocycles. The summed E-state index contributed by atoms with van der Waals surface area (Å²) in [5.74, 6) is 0.588. The topological polar surface area (TPSA) is 116 Å². The Morgan fingerprint density at radius 2 is 1.77 bits per heavy atom. The van der Waals surface area contributed by atoms with E-state index in [0.29, 0.717) is 54.8 Å². The minimum Gasteiger partial charge on any atom is -0.340 e. The van der Waals surface area contributed by atoms with E-state index in [1.54, 1.807) is 23.5 Å². The number of amides is 4. The second kappa shape index (κ2) is 12.9. The summed E-state index contributed by atoms with van der Waals surface area (Å²) in [4.78, 5) is 49.2. The normalized spacial score (nSPS) is 18.3. The number of carbonyl (C=O) groups excluding carboxylic acids is 3. The number of nitrogens with zero attached hydrogens (tertiary/aromatic N) is 7. The molecule has 0 unspecified atom stereocenters. The van der Waals surface area contributed by atoms with Crippen LogP contribution in [0.3, 0.4) is 0 Å². The second-order valence-corrected chi connectivity index (χ2v) is 13.9. The number of hydrogen-bond donors (Lipinski definition) is 1. The number of imide groups is 1. The lowest BCUT2D eigenvalue weighted by Gasteiger charge is -2.35.